The standard InChI is InChI=1S/C39H38F4N2O11S4/c1-38(2)15-20(18-58(48,49)50)24-13-25-27(14-28(24)45(38)16-19-7-9-22(59(51,52)53)12-29(19)60(54,55)56)39(3,4)26-11-21(44(5)6)8-10-23(26)31(25)32-33(40)35(42)37(36(43)34(32)41)57-17-30(46)47/h7-14,20H,15-18H2,1-6H3,(H3-,46,47,48,49,50,51,52,53,54,55,56)/p+1. The number of halogens is 4. The topological polar surface area (TPSA) is 207 Å². The number of anilines is 1. The summed E-state index contributed by atoms with van der Waals surface area (Å²) in [6, 6.07) is 10.4. The lowest BCUT2D eigenvalue weighted by atomic mass is 9.67. The average molecular weight is 916 g/mol. The van der Waals surface area contributed by atoms with E-state index in [9.17, 15) is 43.7 Å². The van der Waals surface area contributed by atoms with Crippen LogP contribution in [-0.2, 0) is 47.1 Å². The molecule has 4 aromatic rings. The van der Waals surface area contributed by atoms with E-state index in [-0.39, 0.29) is 51.0 Å². The van der Waals surface area contributed by atoms with Gasteiger partial charge in [0.1, 0.15) is 4.90 Å². The number of hydrogen-bond donors (Lipinski definition) is 4. The van der Waals surface area contributed by atoms with Gasteiger partial charge in [-0.05, 0) is 72.2 Å². The van der Waals surface area contributed by atoms with Crippen molar-refractivity contribution in [2.75, 3.05) is 30.5 Å². The average Bonchev–Trinajstić information content (AvgIpc) is 3.11. The van der Waals surface area contributed by atoms with Gasteiger partial charge in [-0.2, -0.15) is 25.3 Å². The van der Waals surface area contributed by atoms with Crippen LogP contribution >= 0.6 is 11.8 Å². The Balaban J connectivity index is 1.83. The summed E-state index contributed by atoms with van der Waals surface area (Å²) in [6.07, 6.45) is -0.0775. The van der Waals surface area contributed by atoms with Gasteiger partial charge in [-0.15, -0.1) is 11.8 Å². The molecule has 1 aliphatic heterocycles. The monoisotopic (exact) mass is 915 g/mol. The summed E-state index contributed by atoms with van der Waals surface area (Å²) in [6.45, 7) is 6.49. The zero-order valence-corrected chi connectivity index (χ0v) is 36.0. The molecule has 1 heterocycles. The molecular formula is C39H39F4N2O11S4+. The highest BCUT2D eigenvalue weighted by atomic mass is 32.2. The summed E-state index contributed by atoms with van der Waals surface area (Å²) >= 11 is 0.0448. The Morgan fingerprint density at radius 1 is 0.833 bits per heavy atom. The fraction of sp³-hybridized carbons (Fsp3) is 0.333. The maximum absolute atomic E-state index is 16.5. The van der Waals surface area contributed by atoms with Crippen LogP contribution in [0.2, 0.25) is 0 Å². The number of carbonyl (C=O) groups is 1. The molecule has 21 heteroatoms. The number of aliphatic carboxylic acids is 1. The molecule has 0 bridgehead atoms. The highest BCUT2D eigenvalue weighted by Gasteiger charge is 2.45. The van der Waals surface area contributed by atoms with Crippen LogP contribution in [0.3, 0.4) is 0 Å². The Morgan fingerprint density at radius 2 is 1.45 bits per heavy atom. The van der Waals surface area contributed by atoms with Crippen LogP contribution in [-0.4, -0.2) is 81.1 Å². The van der Waals surface area contributed by atoms with Crippen molar-refractivity contribution in [2.45, 2.75) is 72.2 Å². The fourth-order valence-corrected chi connectivity index (χ4v) is 11.0. The zero-order chi connectivity index (χ0) is 44.8. The molecule has 0 fully saturated rings. The molecule has 0 aromatic heterocycles. The number of carboxylic acid groups (broad SMARTS) is 1. The third-order valence-corrected chi connectivity index (χ3v) is 14.6. The van der Waals surface area contributed by atoms with Crippen LogP contribution in [0.4, 0.5) is 23.2 Å². The van der Waals surface area contributed by atoms with Crippen LogP contribution in [0.1, 0.15) is 73.4 Å². The normalized spacial score (nSPS) is 17.2. The number of nitrogens with zero attached hydrogens (tertiary/aromatic N) is 2. The quantitative estimate of drug-likeness (QED) is 0.0530. The molecule has 0 saturated carbocycles. The van der Waals surface area contributed by atoms with Gasteiger partial charge >= 0.3 is 5.97 Å². The highest BCUT2D eigenvalue weighted by molar-refractivity contribution is 8.00. The summed E-state index contributed by atoms with van der Waals surface area (Å²) in [5.74, 6) is -11.7. The Hall–Kier alpha value is -4.38. The van der Waals surface area contributed by atoms with Crippen molar-refractivity contribution in [3.8, 4) is 0 Å². The van der Waals surface area contributed by atoms with Gasteiger partial charge in [-0.25, -0.2) is 22.1 Å². The van der Waals surface area contributed by atoms with Gasteiger partial charge < -0.3 is 10.0 Å². The Morgan fingerprint density at radius 3 is 1.98 bits per heavy atom. The molecule has 4 N–H and O–H groups in total. The number of rotatable bonds is 11. The second-order valence-electron chi connectivity index (χ2n) is 16.0. The minimum Gasteiger partial charge on any atom is -0.481 e. The van der Waals surface area contributed by atoms with Gasteiger partial charge in [0.05, 0.1) is 26.9 Å². The SMILES string of the molecule is CN(C)c1ccc2c(c1)C(C)(C)c1cc3c(cc1=C2c1c(F)c(F)c(SCC(=O)O)c(F)c1F)C(CS(=O)(=O)O)CC(C)(C)[N+]=3Cc1ccc(S(=O)(=O)O)cc1S(=O)(=O)O. The lowest BCUT2D eigenvalue weighted by molar-refractivity contribution is -0.133. The molecule has 1 unspecified atom stereocenters. The van der Waals surface area contributed by atoms with Crippen molar-refractivity contribution in [1.82, 2.24) is 4.58 Å². The highest BCUT2D eigenvalue weighted by Crippen LogP contribution is 2.45. The first-order valence-corrected chi connectivity index (χ1v) is 23.3. The van der Waals surface area contributed by atoms with E-state index < -0.39 is 115 Å². The third-order valence-electron chi connectivity index (χ3n) is 10.9. The van der Waals surface area contributed by atoms with Crippen molar-refractivity contribution in [3.63, 3.8) is 0 Å². The van der Waals surface area contributed by atoms with Crippen LogP contribution in [0, 0.1) is 23.3 Å². The number of fused-ring (bicyclic) bond motifs is 3. The van der Waals surface area contributed by atoms with E-state index >= 15 is 17.6 Å². The van der Waals surface area contributed by atoms with E-state index in [1.165, 1.54) is 12.1 Å². The van der Waals surface area contributed by atoms with Gasteiger partial charge in [-0.1, -0.05) is 19.9 Å². The number of hydrogen-bond acceptors (Lipinski definition) is 9. The molecule has 4 aromatic carbocycles. The van der Waals surface area contributed by atoms with Gasteiger partial charge in [0, 0.05) is 60.3 Å². The third kappa shape index (κ3) is 8.19. The molecule has 60 heavy (non-hydrogen) atoms. The number of carboxylic acids is 1. The van der Waals surface area contributed by atoms with Gasteiger partial charge in [0.15, 0.2) is 35.4 Å². The summed E-state index contributed by atoms with van der Waals surface area (Å²) in [7, 11) is -11.3. The van der Waals surface area contributed by atoms with Gasteiger partial charge in [0.2, 0.25) is 5.36 Å². The molecule has 0 saturated heterocycles. The minimum atomic E-state index is -5.14. The summed E-state index contributed by atoms with van der Waals surface area (Å²) in [4.78, 5) is 10.1. The number of thioether (sulfide) groups is 1. The summed E-state index contributed by atoms with van der Waals surface area (Å²) in [5.41, 5.74) is -2.19. The largest absolute Gasteiger partial charge is 0.481 e. The van der Waals surface area contributed by atoms with E-state index in [0.29, 0.717) is 22.9 Å². The maximum atomic E-state index is 16.5. The van der Waals surface area contributed by atoms with E-state index in [4.69, 9.17) is 5.11 Å². The minimum absolute atomic E-state index is 0.0162. The number of benzene rings is 4. The molecular weight excluding hydrogens is 877 g/mol. The van der Waals surface area contributed by atoms with Crippen molar-refractivity contribution in [3.05, 3.63) is 116 Å². The molecule has 6 rings (SSSR count). The molecule has 0 spiro atoms. The predicted molar refractivity (Wildman–Crippen MR) is 214 cm³/mol. The van der Waals surface area contributed by atoms with Crippen molar-refractivity contribution >= 4 is 59.3 Å². The molecule has 2 aliphatic rings. The Labute approximate surface area is 347 Å². The fourth-order valence-electron chi connectivity index (χ4n) is 8.17. The molecule has 0 amide bonds. The molecule has 322 valence electrons. The summed E-state index contributed by atoms with van der Waals surface area (Å²) in [5, 5.41) is 9.34. The smallest absolute Gasteiger partial charge is 0.313 e. The lowest BCUT2D eigenvalue weighted by Gasteiger charge is -2.37. The first kappa shape index (κ1) is 45.2. The van der Waals surface area contributed by atoms with Crippen molar-refractivity contribution < 1.29 is 66.4 Å². The Kier molecular flexibility index (Phi) is 11.4. The van der Waals surface area contributed by atoms with E-state index in [1.807, 2.05) is 0 Å². The van der Waals surface area contributed by atoms with Gasteiger partial charge in [-0.3, -0.25) is 18.5 Å². The molecule has 0 radical (unpaired) electrons. The van der Waals surface area contributed by atoms with Crippen LogP contribution in [0.15, 0.2) is 63.2 Å². The van der Waals surface area contributed by atoms with E-state index in [0.717, 1.165) is 12.1 Å². The van der Waals surface area contributed by atoms with Crippen molar-refractivity contribution in [1.29, 1.82) is 0 Å². The lowest BCUT2D eigenvalue weighted by Crippen LogP contribution is -2.54. The maximum Gasteiger partial charge on any atom is 0.313 e. The van der Waals surface area contributed by atoms with E-state index in [1.54, 1.807) is 69.5 Å². The zero-order valence-electron chi connectivity index (χ0n) is 32.7. The molecule has 13 nitrogen and oxygen atoms in total. The van der Waals surface area contributed by atoms with Crippen LogP contribution in [0.5, 0.6) is 0 Å². The van der Waals surface area contributed by atoms with Crippen LogP contribution in [0.25, 0.3) is 5.57 Å². The Bertz CT molecular complexity index is 2980. The molecule has 1 aliphatic carbocycles. The second kappa shape index (κ2) is 15.2. The first-order valence-electron chi connectivity index (χ1n) is 17.8. The second-order valence-corrected chi connectivity index (χ2v) is 21.3. The predicted octanol–water partition coefficient (Wildman–Crippen LogP) is 4.71. The molecule has 1 atom stereocenters. The van der Waals surface area contributed by atoms with Crippen molar-refractivity contribution in [2.24, 2.45) is 0 Å². The van der Waals surface area contributed by atoms with Crippen LogP contribution < -0.4 is 20.1 Å². The van der Waals surface area contributed by atoms with E-state index in [2.05, 4.69) is 0 Å². The first-order chi connectivity index (χ1) is 27.5. The van der Waals surface area contributed by atoms with Gasteiger partial charge in [0.25, 0.3) is 30.4 Å². The summed E-state index contributed by atoms with van der Waals surface area (Å²) < 4.78 is 170.